The van der Waals surface area contributed by atoms with Gasteiger partial charge in [0.1, 0.15) is 40.4 Å². The Morgan fingerprint density at radius 2 is 1.14 bits per heavy atom. The third-order valence-corrected chi connectivity index (χ3v) is 17.7. The van der Waals surface area contributed by atoms with Crippen LogP contribution < -0.4 is 29.6 Å². The van der Waals surface area contributed by atoms with Crippen LogP contribution in [0.5, 0.6) is 23.3 Å². The molecule has 8 aromatic rings. The maximum Gasteiger partial charge on any atom is 0.254 e. The Kier molecular flexibility index (Phi) is 11.5. The summed E-state index contributed by atoms with van der Waals surface area (Å²) >= 11 is 0. The van der Waals surface area contributed by atoms with E-state index in [2.05, 4.69) is 53.2 Å². The lowest BCUT2D eigenvalue weighted by Gasteiger charge is -2.35. The van der Waals surface area contributed by atoms with E-state index >= 15 is 0 Å². The van der Waals surface area contributed by atoms with Gasteiger partial charge in [-0.05, 0) is 130 Å². The highest BCUT2D eigenvalue weighted by molar-refractivity contribution is 6.01. The predicted molar refractivity (Wildman–Crippen MR) is 289 cm³/mol. The summed E-state index contributed by atoms with van der Waals surface area (Å²) in [6, 6.07) is 20.6. The van der Waals surface area contributed by atoms with E-state index in [4.69, 9.17) is 38.9 Å². The third kappa shape index (κ3) is 8.21. The SMILES string of the molecule is COc1ccc2cc(-c3nc4cc(C(=O)N5CC[C@@H]6CC(COc7ccc8cc(-c9nc%10cc(C(=O)N%11CC[C@H]%12CCN[C@H]%12C%11)cc(OC)c%10n9C)n(CC9CC9)c8n7)N[C@@H]6C5)cc(OC)c4n3C)n(CC3CC3)c2n1. The van der Waals surface area contributed by atoms with Gasteiger partial charge in [0.25, 0.3) is 11.8 Å². The lowest BCUT2D eigenvalue weighted by Crippen LogP contribution is -2.49. The summed E-state index contributed by atoms with van der Waals surface area (Å²) in [5.41, 5.74) is 8.00. The fraction of sp³-hybridized carbons (Fsp3) is 0.483. The number of carbonyl (C=O) groups is 2. The van der Waals surface area contributed by atoms with Crippen LogP contribution in [0.15, 0.2) is 60.7 Å². The number of hydrogen-bond acceptors (Lipinski definition) is 12. The van der Waals surface area contributed by atoms with Gasteiger partial charge in [-0.2, -0.15) is 9.97 Å². The molecule has 76 heavy (non-hydrogen) atoms. The average molecular weight is 1030 g/mol. The maximum atomic E-state index is 14.4. The summed E-state index contributed by atoms with van der Waals surface area (Å²) in [7, 11) is 8.99. The van der Waals surface area contributed by atoms with E-state index in [1.807, 2.05) is 60.3 Å². The molecule has 0 spiro atoms. The number of aryl methyl sites for hydroxylation is 2. The van der Waals surface area contributed by atoms with E-state index in [1.54, 1.807) is 21.3 Å². The largest absolute Gasteiger partial charge is 0.494 e. The van der Waals surface area contributed by atoms with Gasteiger partial charge >= 0.3 is 0 Å². The van der Waals surface area contributed by atoms with Crippen LogP contribution in [0.3, 0.4) is 0 Å². The van der Waals surface area contributed by atoms with E-state index in [0.717, 1.165) is 114 Å². The van der Waals surface area contributed by atoms with Gasteiger partial charge in [0.15, 0.2) is 11.6 Å². The van der Waals surface area contributed by atoms with Gasteiger partial charge in [-0.1, -0.05) is 0 Å². The van der Waals surface area contributed by atoms with Crippen LogP contribution >= 0.6 is 0 Å². The van der Waals surface area contributed by atoms with Crippen molar-refractivity contribution >= 4 is 55.9 Å². The Balaban J connectivity index is 0.673. The van der Waals surface area contributed by atoms with E-state index in [9.17, 15) is 9.59 Å². The second-order valence-corrected chi connectivity index (χ2v) is 22.5. The number of carbonyl (C=O) groups excluding carboxylic acids is 2. The Labute approximate surface area is 440 Å². The van der Waals surface area contributed by atoms with Gasteiger partial charge in [-0.25, -0.2) is 9.97 Å². The molecule has 18 nitrogen and oxygen atoms in total. The van der Waals surface area contributed by atoms with Crippen LogP contribution in [-0.2, 0) is 27.2 Å². The fourth-order valence-corrected chi connectivity index (χ4v) is 13.2. The molecule has 1 unspecified atom stereocenters. The summed E-state index contributed by atoms with van der Waals surface area (Å²) < 4.78 is 32.7. The molecule has 18 heteroatoms. The van der Waals surface area contributed by atoms with Gasteiger partial charge in [0, 0.05) is 106 Å². The molecular formula is C58H66N12O6. The first-order valence-electron chi connectivity index (χ1n) is 27.4. The van der Waals surface area contributed by atoms with Gasteiger partial charge in [0.2, 0.25) is 11.8 Å². The quantitative estimate of drug-likeness (QED) is 0.111. The summed E-state index contributed by atoms with van der Waals surface area (Å²) in [5, 5.41) is 9.49. The Morgan fingerprint density at radius 3 is 1.70 bits per heavy atom. The summed E-state index contributed by atoms with van der Waals surface area (Å²) in [6.45, 7) is 5.96. The third-order valence-electron chi connectivity index (χ3n) is 17.7. The molecule has 2 N–H and O–H groups in total. The maximum absolute atomic E-state index is 14.4. The van der Waals surface area contributed by atoms with E-state index in [-0.39, 0.29) is 23.9 Å². The second kappa shape index (κ2) is 18.5. The normalized spacial score (nSPS) is 22.5. The lowest BCUT2D eigenvalue weighted by molar-refractivity contribution is 0.0662. The molecule has 2 aromatic carbocycles. The summed E-state index contributed by atoms with van der Waals surface area (Å²) in [4.78, 5) is 52.8. The average Bonchev–Trinajstić information content (AvgIpc) is 4.18. The highest BCUT2D eigenvalue weighted by atomic mass is 16.5. The van der Waals surface area contributed by atoms with Crippen LogP contribution in [0, 0.1) is 23.7 Å². The zero-order valence-electron chi connectivity index (χ0n) is 44.1. The van der Waals surface area contributed by atoms with Crippen molar-refractivity contribution < 1.29 is 28.5 Å². The number of hydrogen-bond donors (Lipinski definition) is 2. The van der Waals surface area contributed by atoms with Crippen molar-refractivity contribution in [3.63, 3.8) is 0 Å². The van der Waals surface area contributed by atoms with Crippen LogP contribution in [-0.4, -0.2) is 139 Å². The molecule has 2 amide bonds. The summed E-state index contributed by atoms with van der Waals surface area (Å²) in [6.07, 6.45) is 8.85. The molecule has 5 atom stereocenters. The zero-order chi connectivity index (χ0) is 51.5. The van der Waals surface area contributed by atoms with Gasteiger partial charge in [0.05, 0.1) is 43.8 Å². The lowest BCUT2D eigenvalue weighted by atomic mass is 9.91. The van der Waals surface area contributed by atoms with Crippen molar-refractivity contribution in [2.24, 2.45) is 37.8 Å². The molecule has 6 fully saturated rings. The van der Waals surface area contributed by atoms with Crippen LogP contribution in [0.4, 0.5) is 0 Å². The number of nitrogens with zero attached hydrogens (tertiary/aromatic N) is 10. The molecule has 2 aliphatic carbocycles. The number of pyridine rings is 2. The molecule has 14 rings (SSSR count). The van der Waals surface area contributed by atoms with E-state index < -0.39 is 0 Å². The number of methoxy groups -OCH3 is 3. The first-order valence-corrected chi connectivity index (χ1v) is 27.4. The van der Waals surface area contributed by atoms with Crippen molar-refractivity contribution in [2.45, 2.75) is 82.6 Å². The van der Waals surface area contributed by atoms with Crippen molar-refractivity contribution in [2.75, 3.05) is 60.7 Å². The molecule has 0 radical (unpaired) electrons. The minimum Gasteiger partial charge on any atom is -0.494 e. The van der Waals surface area contributed by atoms with Crippen molar-refractivity contribution in [1.29, 1.82) is 0 Å². The number of benzene rings is 2. The number of fused-ring (bicyclic) bond motifs is 6. The molecule has 4 aliphatic heterocycles. The number of rotatable bonds is 14. The van der Waals surface area contributed by atoms with Gasteiger partial charge < -0.3 is 57.6 Å². The molecule has 2 saturated carbocycles. The molecule has 6 aliphatic rings. The monoisotopic (exact) mass is 1030 g/mol. The minimum absolute atomic E-state index is 0.0227. The van der Waals surface area contributed by atoms with Gasteiger partial charge in [-0.3, -0.25) is 9.59 Å². The highest BCUT2D eigenvalue weighted by Crippen LogP contribution is 2.41. The Morgan fingerprint density at radius 1 is 0.605 bits per heavy atom. The standard InChI is InChI=1S/C58H66N12O6/c1-65-52-42(61-55(65)45-23-36-10-12-49(75-5)63-53(36)69(45)27-32-6-7-32)22-39(26-48(52)74-4)58(72)68-19-16-35-20-40(60-44(35)30-68)31-76-50-13-11-37-24-46(70(54(37)64-50)28-33-8-9-33)56-62-41-21-38(25-47(73-3)51(41)66(56)2)57(71)67-18-15-34-14-17-59-43(34)29-67/h10-13,21-26,32-35,40,43-44,59-60H,6-9,14-20,27-31H2,1-5H3/t34-,35-,40?,43+,44-/m1/s1. The van der Waals surface area contributed by atoms with Crippen LogP contribution in [0.2, 0.25) is 0 Å². The van der Waals surface area contributed by atoms with Crippen LogP contribution in [0.1, 0.15) is 72.1 Å². The number of amides is 2. The smallest absolute Gasteiger partial charge is 0.254 e. The van der Waals surface area contributed by atoms with Crippen molar-refractivity contribution in [3.05, 3.63) is 71.8 Å². The number of nitrogens with one attached hydrogen (secondary N) is 2. The number of aromatic nitrogens is 8. The van der Waals surface area contributed by atoms with E-state index in [0.29, 0.717) is 89.3 Å². The number of likely N-dealkylation sites (tertiary alicyclic amines) is 2. The topological polar surface area (TPSA) is 173 Å². The predicted octanol–water partition coefficient (Wildman–Crippen LogP) is 7.43. The molecule has 0 bridgehead atoms. The highest BCUT2D eigenvalue weighted by Gasteiger charge is 2.40. The van der Waals surface area contributed by atoms with Crippen LogP contribution in [0.25, 0.3) is 67.2 Å². The molecule has 10 heterocycles. The molecule has 394 valence electrons. The fourth-order valence-electron chi connectivity index (χ4n) is 13.2. The van der Waals surface area contributed by atoms with Gasteiger partial charge in [-0.15, -0.1) is 0 Å². The molecular weight excluding hydrogens is 961 g/mol. The van der Waals surface area contributed by atoms with Crippen molar-refractivity contribution in [1.82, 2.24) is 58.6 Å². The summed E-state index contributed by atoms with van der Waals surface area (Å²) in [5.74, 6) is 6.26. The number of piperidine rings is 2. The Bertz CT molecular complexity index is 3620. The number of ether oxygens (including phenoxy) is 4. The second-order valence-electron chi connectivity index (χ2n) is 22.5. The molecule has 4 saturated heterocycles. The molecule has 6 aromatic heterocycles. The Hall–Kier alpha value is -7.18. The van der Waals surface area contributed by atoms with Crippen molar-refractivity contribution in [3.8, 4) is 46.3 Å². The van der Waals surface area contributed by atoms with E-state index in [1.165, 1.54) is 32.1 Å². The first-order chi connectivity index (χ1) is 37.1. The zero-order valence-corrected chi connectivity index (χ0v) is 44.1. The first kappa shape index (κ1) is 47.3. The minimum atomic E-state index is -0.0253. The number of imidazole rings is 2.